The molecule has 0 aromatic heterocycles. The third kappa shape index (κ3) is 2.37. The molecule has 1 aliphatic carbocycles. The summed E-state index contributed by atoms with van der Waals surface area (Å²) >= 11 is 0. The summed E-state index contributed by atoms with van der Waals surface area (Å²) in [6.45, 7) is 0. The average Bonchev–Trinajstić information content (AvgIpc) is 2.80. The van der Waals surface area contributed by atoms with Crippen LogP contribution in [-0.2, 0) is 6.42 Å². The summed E-state index contributed by atoms with van der Waals surface area (Å²) < 4.78 is 13.3. The van der Waals surface area contributed by atoms with E-state index in [0.29, 0.717) is 0 Å². The Balaban J connectivity index is 1.93. The number of fused-ring (bicyclic) bond motifs is 1. The van der Waals surface area contributed by atoms with Gasteiger partial charge in [-0.1, -0.05) is 30.3 Å². The van der Waals surface area contributed by atoms with Crippen LogP contribution in [0.15, 0.2) is 42.5 Å². The fraction of sp³-hybridized carbons (Fsp3) is 0.188. The van der Waals surface area contributed by atoms with Crippen molar-refractivity contribution in [3.63, 3.8) is 0 Å². The first-order chi connectivity index (χ1) is 9.63. The number of benzene rings is 2. The number of carbonyl (C=O) groups is 1. The molecule has 0 saturated carbocycles. The molecule has 1 unspecified atom stereocenters. The number of aryl methyl sites for hydroxylation is 1. The molecule has 1 aliphatic rings. The van der Waals surface area contributed by atoms with Gasteiger partial charge in [-0.25, -0.2) is 9.18 Å². The van der Waals surface area contributed by atoms with Gasteiger partial charge in [-0.2, -0.15) is 0 Å². The van der Waals surface area contributed by atoms with Crippen LogP contribution in [-0.4, -0.2) is 11.2 Å². The van der Waals surface area contributed by atoms with E-state index in [2.05, 4.69) is 5.32 Å². The summed E-state index contributed by atoms with van der Waals surface area (Å²) in [5, 5.41) is 11.3. The van der Waals surface area contributed by atoms with E-state index in [4.69, 9.17) is 5.11 Å². The molecule has 20 heavy (non-hydrogen) atoms. The molecule has 1 atom stereocenters. The van der Waals surface area contributed by atoms with E-state index in [1.165, 1.54) is 12.1 Å². The molecule has 102 valence electrons. The first-order valence-corrected chi connectivity index (χ1v) is 6.52. The molecule has 0 radical (unpaired) electrons. The molecular formula is C16H14FNO2. The van der Waals surface area contributed by atoms with Gasteiger partial charge in [-0.3, -0.25) is 0 Å². The van der Waals surface area contributed by atoms with Crippen molar-refractivity contribution in [1.29, 1.82) is 0 Å². The van der Waals surface area contributed by atoms with Gasteiger partial charge < -0.3 is 10.4 Å². The lowest BCUT2D eigenvalue weighted by atomic mass is 10.00. The van der Waals surface area contributed by atoms with Gasteiger partial charge in [0.1, 0.15) is 5.82 Å². The maximum absolute atomic E-state index is 13.3. The lowest BCUT2D eigenvalue weighted by Crippen LogP contribution is -2.24. The summed E-state index contributed by atoms with van der Waals surface area (Å²) in [7, 11) is 0. The number of nitrogens with one attached hydrogen (secondary N) is 1. The van der Waals surface area contributed by atoms with Crippen LogP contribution in [0.5, 0.6) is 0 Å². The number of amides is 1. The third-order valence-corrected chi connectivity index (χ3v) is 3.68. The van der Waals surface area contributed by atoms with Crippen molar-refractivity contribution in [2.24, 2.45) is 0 Å². The topological polar surface area (TPSA) is 49.3 Å². The Morgan fingerprint density at radius 1 is 1.20 bits per heavy atom. The van der Waals surface area contributed by atoms with Crippen molar-refractivity contribution in [3.05, 3.63) is 59.4 Å². The van der Waals surface area contributed by atoms with Crippen LogP contribution in [0.1, 0.15) is 23.6 Å². The molecule has 2 N–H and O–H groups in total. The Labute approximate surface area is 116 Å². The molecule has 0 spiro atoms. The third-order valence-electron chi connectivity index (χ3n) is 3.68. The number of hydrogen-bond acceptors (Lipinski definition) is 1. The van der Waals surface area contributed by atoms with E-state index in [-0.39, 0.29) is 11.9 Å². The first kappa shape index (κ1) is 12.7. The first-order valence-electron chi connectivity index (χ1n) is 6.52. The van der Waals surface area contributed by atoms with Gasteiger partial charge in [0.25, 0.3) is 0 Å². The zero-order valence-electron chi connectivity index (χ0n) is 10.8. The van der Waals surface area contributed by atoms with Crippen LogP contribution in [0.2, 0.25) is 0 Å². The molecule has 2 aromatic rings. The predicted octanol–water partition coefficient (Wildman–Crippen LogP) is 3.75. The van der Waals surface area contributed by atoms with Gasteiger partial charge in [0.2, 0.25) is 0 Å². The van der Waals surface area contributed by atoms with Crippen molar-refractivity contribution >= 4 is 6.09 Å². The second kappa shape index (κ2) is 4.96. The zero-order valence-corrected chi connectivity index (χ0v) is 10.8. The second-order valence-electron chi connectivity index (χ2n) is 4.96. The summed E-state index contributed by atoms with van der Waals surface area (Å²) in [6, 6.07) is 12.2. The minimum atomic E-state index is -1.00. The van der Waals surface area contributed by atoms with E-state index in [1.54, 1.807) is 6.07 Å². The van der Waals surface area contributed by atoms with Gasteiger partial charge in [0.05, 0.1) is 6.04 Å². The summed E-state index contributed by atoms with van der Waals surface area (Å²) in [6.07, 6.45) is 0.606. The SMILES string of the molecule is O=C(O)NC1CCc2cc(-c3cccc(F)c3)ccc21. The van der Waals surface area contributed by atoms with Crippen LogP contribution < -0.4 is 5.32 Å². The van der Waals surface area contributed by atoms with Crippen molar-refractivity contribution in [2.75, 3.05) is 0 Å². The fourth-order valence-electron chi connectivity index (χ4n) is 2.76. The molecule has 0 aliphatic heterocycles. The molecule has 1 amide bonds. The molecule has 0 bridgehead atoms. The Kier molecular flexibility index (Phi) is 3.14. The van der Waals surface area contributed by atoms with Crippen LogP contribution in [0.3, 0.4) is 0 Å². The number of halogens is 1. The maximum Gasteiger partial charge on any atom is 0.405 e. The average molecular weight is 271 g/mol. The van der Waals surface area contributed by atoms with E-state index in [1.807, 2.05) is 24.3 Å². The molecular weight excluding hydrogens is 257 g/mol. The lowest BCUT2D eigenvalue weighted by molar-refractivity contribution is 0.190. The molecule has 3 rings (SSSR count). The number of rotatable bonds is 2. The number of hydrogen-bond donors (Lipinski definition) is 2. The Hall–Kier alpha value is -2.36. The Morgan fingerprint density at radius 2 is 2.00 bits per heavy atom. The molecule has 0 fully saturated rings. The van der Waals surface area contributed by atoms with Crippen LogP contribution in [0.4, 0.5) is 9.18 Å². The van der Waals surface area contributed by atoms with E-state index < -0.39 is 6.09 Å². The van der Waals surface area contributed by atoms with E-state index in [0.717, 1.165) is 35.1 Å². The van der Waals surface area contributed by atoms with Crippen LogP contribution in [0.25, 0.3) is 11.1 Å². The minimum Gasteiger partial charge on any atom is -0.465 e. The fourth-order valence-corrected chi connectivity index (χ4v) is 2.76. The van der Waals surface area contributed by atoms with Crippen molar-refractivity contribution in [3.8, 4) is 11.1 Å². The highest BCUT2D eigenvalue weighted by molar-refractivity contribution is 5.68. The smallest absolute Gasteiger partial charge is 0.405 e. The van der Waals surface area contributed by atoms with Gasteiger partial charge in [0.15, 0.2) is 0 Å². The normalized spacial score (nSPS) is 16.8. The van der Waals surface area contributed by atoms with Crippen LogP contribution in [0, 0.1) is 5.82 Å². The molecule has 0 heterocycles. The highest BCUT2D eigenvalue weighted by atomic mass is 19.1. The standard InChI is InChI=1S/C16H14FNO2/c17-13-3-1-2-10(9-13)11-4-6-14-12(8-11)5-7-15(14)18-16(19)20/h1-4,6,8-9,15,18H,5,7H2,(H,19,20). The quantitative estimate of drug-likeness (QED) is 0.874. The van der Waals surface area contributed by atoms with Crippen LogP contribution >= 0.6 is 0 Å². The molecule has 0 saturated heterocycles. The molecule has 3 nitrogen and oxygen atoms in total. The highest BCUT2D eigenvalue weighted by Crippen LogP contribution is 2.34. The van der Waals surface area contributed by atoms with Gasteiger partial charge in [-0.15, -0.1) is 0 Å². The summed E-state index contributed by atoms with van der Waals surface area (Å²) in [5.41, 5.74) is 3.94. The molecule has 4 heteroatoms. The zero-order chi connectivity index (χ0) is 14.1. The molecule has 2 aromatic carbocycles. The highest BCUT2D eigenvalue weighted by Gasteiger charge is 2.23. The van der Waals surface area contributed by atoms with E-state index in [9.17, 15) is 9.18 Å². The monoisotopic (exact) mass is 271 g/mol. The summed E-state index contributed by atoms with van der Waals surface area (Å²) in [4.78, 5) is 10.7. The minimum absolute atomic E-state index is 0.135. The van der Waals surface area contributed by atoms with Gasteiger partial charge >= 0.3 is 6.09 Å². The van der Waals surface area contributed by atoms with Crippen molar-refractivity contribution < 1.29 is 14.3 Å². The predicted molar refractivity (Wildman–Crippen MR) is 74.1 cm³/mol. The van der Waals surface area contributed by atoms with Crippen molar-refractivity contribution in [1.82, 2.24) is 5.32 Å². The summed E-state index contributed by atoms with van der Waals surface area (Å²) in [5.74, 6) is -0.256. The Morgan fingerprint density at radius 3 is 2.75 bits per heavy atom. The number of carboxylic acid groups (broad SMARTS) is 1. The van der Waals surface area contributed by atoms with E-state index >= 15 is 0 Å². The largest absolute Gasteiger partial charge is 0.465 e. The lowest BCUT2D eigenvalue weighted by Gasteiger charge is -2.12. The van der Waals surface area contributed by atoms with Crippen molar-refractivity contribution in [2.45, 2.75) is 18.9 Å². The Bertz CT molecular complexity index is 669. The second-order valence-corrected chi connectivity index (χ2v) is 4.96. The van der Waals surface area contributed by atoms with Gasteiger partial charge in [-0.05, 0) is 47.2 Å². The van der Waals surface area contributed by atoms with Gasteiger partial charge in [0, 0.05) is 0 Å². The maximum atomic E-state index is 13.3.